The van der Waals surface area contributed by atoms with E-state index >= 15 is 0 Å². The van der Waals surface area contributed by atoms with Crippen molar-refractivity contribution >= 4 is 5.78 Å². The number of rotatable bonds is 11. The van der Waals surface area contributed by atoms with Crippen LogP contribution in [0.15, 0.2) is 47.7 Å². The van der Waals surface area contributed by atoms with Gasteiger partial charge in [0.15, 0.2) is 5.78 Å². The summed E-state index contributed by atoms with van der Waals surface area (Å²) in [4.78, 5) is 15.2. The highest BCUT2D eigenvalue weighted by Gasteiger charge is 2.30. The summed E-state index contributed by atoms with van der Waals surface area (Å²) in [7, 11) is 1.70. The van der Waals surface area contributed by atoms with Crippen LogP contribution in [0.3, 0.4) is 0 Å². The van der Waals surface area contributed by atoms with Crippen LogP contribution in [-0.2, 0) is 9.53 Å². The third-order valence-corrected chi connectivity index (χ3v) is 5.21. The summed E-state index contributed by atoms with van der Waals surface area (Å²) in [5.74, 6) is 0.767. The molecular formula is C24H34FNO2. The summed E-state index contributed by atoms with van der Waals surface area (Å²) < 4.78 is 20.1. The van der Waals surface area contributed by atoms with Gasteiger partial charge in [-0.3, -0.25) is 9.69 Å². The number of ketones is 1. The first kappa shape index (κ1) is 22.4. The highest BCUT2D eigenvalue weighted by atomic mass is 19.1. The van der Waals surface area contributed by atoms with Gasteiger partial charge in [-0.15, -0.1) is 0 Å². The summed E-state index contributed by atoms with van der Waals surface area (Å²) >= 11 is 0. The molecule has 1 aliphatic rings. The maximum absolute atomic E-state index is 14.6. The molecular weight excluding hydrogens is 353 g/mol. The van der Waals surface area contributed by atoms with Crippen molar-refractivity contribution in [3.63, 3.8) is 0 Å². The molecule has 0 bridgehead atoms. The Kier molecular flexibility index (Phi) is 9.42. The van der Waals surface area contributed by atoms with Crippen LogP contribution in [0, 0.1) is 5.82 Å². The zero-order valence-corrected chi connectivity index (χ0v) is 17.5. The highest BCUT2D eigenvalue weighted by molar-refractivity contribution is 5.85. The number of carbonyl (C=O) groups is 1. The van der Waals surface area contributed by atoms with Crippen LogP contribution in [0.25, 0.3) is 0 Å². The van der Waals surface area contributed by atoms with Gasteiger partial charge in [0.25, 0.3) is 0 Å². The van der Waals surface area contributed by atoms with Gasteiger partial charge in [0.2, 0.25) is 0 Å². The Morgan fingerprint density at radius 2 is 2.00 bits per heavy atom. The van der Waals surface area contributed by atoms with E-state index in [9.17, 15) is 9.18 Å². The van der Waals surface area contributed by atoms with E-state index in [0.717, 1.165) is 56.4 Å². The second-order valence-electron chi connectivity index (χ2n) is 7.45. The van der Waals surface area contributed by atoms with Gasteiger partial charge in [0.05, 0.1) is 18.9 Å². The SMILES string of the molecule is CCCCCC(=O)C(c1ccccc1F)N1CCC=C(/C=C(\CCC)OC)C1. The standard InChI is InChI=1S/C24H34FNO2/c1-4-6-7-15-23(27)24(21-13-8-9-14-22(21)25)26-16-10-12-19(18-26)17-20(28-3)11-5-2/h8-9,12-14,17,24H,4-7,10-11,15-16,18H2,1-3H3/b20-17+. The van der Waals surface area contributed by atoms with Crippen molar-refractivity contribution in [1.82, 2.24) is 4.90 Å². The van der Waals surface area contributed by atoms with Crippen LogP contribution in [0.1, 0.15) is 70.4 Å². The van der Waals surface area contributed by atoms with Gasteiger partial charge < -0.3 is 4.74 Å². The first-order valence-corrected chi connectivity index (χ1v) is 10.5. The van der Waals surface area contributed by atoms with Gasteiger partial charge in [0.1, 0.15) is 5.82 Å². The molecule has 1 unspecified atom stereocenters. The lowest BCUT2D eigenvalue weighted by molar-refractivity contribution is -0.124. The maximum atomic E-state index is 14.6. The number of methoxy groups -OCH3 is 1. The average Bonchev–Trinajstić information content (AvgIpc) is 2.70. The van der Waals surface area contributed by atoms with Crippen molar-refractivity contribution in [1.29, 1.82) is 0 Å². The third kappa shape index (κ3) is 6.30. The normalized spacial score (nSPS) is 16.6. The van der Waals surface area contributed by atoms with Crippen molar-refractivity contribution in [3.8, 4) is 0 Å². The molecule has 28 heavy (non-hydrogen) atoms. The second kappa shape index (κ2) is 11.8. The number of halogens is 1. The van der Waals surface area contributed by atoms with Crippen LogP contribution in [0.2, 0.25) is 0 Å². The number of Topliss-reactive ketones (excluding diaryl/α,β-unsaturated/α-hetero) is 1. The van der Waals surface area contributed by atoms with Crippen molar-refractivity contribution < 1.29 is 13.9 Å². The topological polar surface area (TPSA) is 29.5 Å². The fraction of sp³-hybridized carbons (Fsp3) is 0.542. The molecule has 1 aromatic rings. The molecule has 0 saturated carbocycles. The molecule has 1 atom stereocenters. The number of unbranched alkanes of at least 4 members (excludes halogenated alkanes) is 2. The van der Waals surface area contributed by atoms with Crippen LogP contribution in [0.4, 0.5) is 4.39 Å². The Morgan fingerprint density at radius 3 is 2.68 bits per heavy atom. The number of allylic oxidation sites excluding steroid dienone is 1. The lowest BCUT2D eigenvalue weighted by Crippen LogP contribution is -2.38. The molecule has 0 saturated heterocycles. The third-order valence-electron chi connectivity index (χ3n) is 5.21. The van der Waals surface area contributed by atoms with E-state index in [1.165, 1.54) is 6.07 Å². The molecule has 0 spiro atoms. The summed E-state index contributed by atoms with van der Waals surface area (Å²) in [6.45, 7) is 5.63. The molecule has 2 rings (SSSR count). The summed E-state index contributed by atoms with van der Waals surface area (Å²) in [6, 6.07) is 6.18. The zero-order chi connectivity index (χ0) is 20.4. The minimum atomic E-state index is -0.521. The summed E-state index contributed by atoms with van der Waals surface area (Å²) in [5.41, 5.74) is 1.63. The number of hydrogen-bond acceptors (Lipinski definition) is 3. The first-order valence-electron chi connectivity index (χ1n) is 10.5. The lowest BCUT2D eigenvalue weighted by atomic mass is 9.94. The Labute approximate surface area is 169 Å². The van der Waals surface area contributed by atoms with Crippen molar-refractivity contribution in [2.24, 2.45) is 0 Å². The Balaban J connectivity index is 2.24. The largest absolute Gasteiger partial charge is 0.501 e. The van der Waals surface area contributed by atoms with E-state index in [1.807, 2.05) is 6.07 Å². The van der Waals surface area contributed by atoms with Gasteiger partial charge in [-0.05, 0) is 37.0 Å². The molecule has 0 aromatic heterocycles. The van der Waals surface area contributed by atoms with E-state index in [1.54, 1.807) is 19.2 Å². The number of carbonyl (C=O) groups excluding carboxylic acids is 1. The van der Waals surface area contributed by atoms with Crippen molar-refractivity contribution in [3.05, 3.63) is 59.1 Å². The van der Waals surface area contributed by atoms with E-state index in [4.69, 9.17) is 4.74 Å². The van der Waals surface area contributed by atoms with Crippen LogP contribution >= 0.6 is 0 Å². The molecule has 3 nitrogen and oxygen atoms in total. The second-order valence-corrected chi connectivity index (χ2v) is 7.45. The smallest absolute Gasteiger partial charge is 0.154 e. The van der Waals surface area contributed by atoms with E-state index in [2.05, 4.69) is 30.9 Å². The summed E-state index contributed by atoms with van der Waals surface area (Å²) in [5, 5.41) is 0. The quantitative estimate of drug-likeness (QED) is 0.346. The Bertz CT molecular complexity index is 696. The van der Waals surface area contributed by atoms with Gasteiger partial charge in [0, 0.05) is 31.5 Å². The van der Waals surface area contributed by atoms with E-state index in [-0.39, 0.29) is 11.6 Å². The molecule has 1 heterocycles. The minimum Gasteiger partial charge on any atom is -0.501 e. The fourth-order valence-electron chi connectivity index (χ4n) is 3.76. The molecule has 1 aliphatic heterocycles. The molecule has 0 amide bonds. The number of benzene rings is 1. The van der Waals surface area contributed by atoms with Crippen LogP contribution in [0.5, 0.6) is 0 Å². The van der Waals surface area contributed by atoms with Crippen LogP contribution in [-0.4, -0.2) is 30.9 Å². The number of nitrogens with zero attached hydrogens (tertiary/aromatic N) is 1. The Hall–Kier alpha value is -1.94. The minimum absolute atomic E-state index is 0.115. The molecule has 0 aliphatic carbocycles. The molecule has 4 heteroatoms. The molecule has 1 aromatic carbocycles. The number of hydrogen-bond donors (Lipinski definition) is 0. The summed E-state index contributed by atoms with van der Waals surface area (Å²) in [6.07, 6.45) is 10.5. The molecule has 154 valence electrons. The molecule has 0 fully saturated rings. The lowest BCUT2D eigenvalue weighted by Gasteiger charge is -2.34. The van der Waals surface area contributed by atoms with Crippen LogP contribution < -0.4 is 0 Å². The van der Waals surface area contributed by atoms with E-state index < -0.39 is 6.04 Å². The fourth-order valence-corrected chi connectivity index (χ4v) is 3.76. The molecule has 0 N–H and O–H groups in total. The van der Waals surface area contributed by atoms with Gasteiger partial charge >= 0.3 is 0 Å². The number of ether oxygens (including phenoxy) is 1. The average molecular weight is 388 g/mol. The maximum Gasteiger partial charge on any atom is 0.154 e. The zero-order valence-electron chi connectivity index (χ0n) is 17.5. The monoisotopic (exact) mass is 387 g/mol. The van der Waals surface area contributed by atoms with Gasteiger partial charge in [-0.1, -0.05) is 51.0 Å². The van der Waals surface area contributed by atoms with Crippen molar-refractivity contribution in [2.75, 3.05) is 20.2 Å². The highest BCUT2D eigenvalue weighted by Crippen LogP contribution is 2.30. The van der Waals surface area contributed by atoms with E-state index in [0.29, 0.717) is 18.5 Å². The predicted octanol–water partition coefficient (Wildman–Crippen LogP) is 5.98. The van der Waals surface area contributed by atoms with Gasteiger partial charge in [-0.2, -0.15) is 0 Å². The van der Waals surface area contributed by atoms with Gasteiger partial charge in [-0.25, -0.2) is 4.39 Å². The Morgan fingerprint density at radius 1 is 1.21 bits per heavy atom. The first-order chi connectivity index (χ1) is 13.6. The predicted molar refractivity (Wildman–Crippen MR) is 113 cm³/mol. The van der Waals surface area contributed by atoms with Crippen molar-refractivity contribution in [2.45, 2.75) is 64.8 Å². The molecule has 0 radical (unpaired) electrons.